The van der Waals surface area contributed by atoms with E-state index < -0.39 is 34.9 Å². The molecule has 2 rings (SSSR count). The first-order chi connectivity index (χ1) is 9.73. The minimum Gasteiger partial charge on any atom is -0.496 e. The molecule has 112 valence electrons. The minimum absolute atomic E-state index is 0.162. The van der Waals surface area contributed by atoms with E-state index in [0.29, 0.717) is 6.07 Å². The summed E-state index contributed by atoms with van der Waals surface area (Å²) in [6.45, 7) is 2.78. The molecule has 0 aromatic heterocycles. The predicted octanol–water partition coefficient (Wildman–Crippen LogP) is 2.19. The molecule has 0 N–H and O–H groups in total. The quantitative estimate of drug-likeness (QED) is 0.476. The van der Waals surface area contributed by atoms with Crippen LogP contribution in [-0.2, 0) is 19.1 Å². The van der Waals surface area contributed by atoms with Crippen molar-refractivity contribution in [1.82, 2.24) is 0 Å². The van der Waals surface area contributed by atoms with Gasteiger partial charge in [0.05, 0.1) is 12.7 Å². The summed E-state index contributed by atoms with van der Waals surface area (Å²) in [6, 6.07) is 1.54. The summed E-state index contributed by atoms with van der Waals surface area (Å²) in [4.78, 5) is 23.5. The number of esters is 2. The molecule has 1 fully saturated rings. The molecule has 0 atom stereocenters. The molecule has 1 aromatic carbocycles. The van der Waals surface area contributed by atoms with Crippen molar-refractivity contribution in [1.29, 1.82) is 0 Å². The summed E-state index contributed by atoms with van der Waals surface area (Å²) in [7, 11) is 1.21. The Morgan fingerprint density at radius 2 is 1.71 bits per heavy atom. The summed E-state index contributed by atoms with van der Waals surface area (Å²) < 4.78 is 41.5. The van der Waals surface area contributed by atoms with Crippen LogP contribution in [0.1, 0.15) is 19.4 Å². The van der Waals surface area contributed by atoms with Gasteiger partial charge in [-0.2, -0.15) is 0 Å². The largest absolute Gasteiger partial charge is 0.496 e. The van der Waals surface area contributed by atoms with E-state index >= 15 is 0 Å². The highest BCUT2D eigenvalue weighted by molar-refractivity contribution is 6.19. The van der Waals surface area contributed by atoms with Crippen molar-refractivity contribution in [3.8, 4) is 5.75 Å². The molecule has 1 saturated heterocycles. The van der Waals surface area contributed by atoms with Gasteiger partial charge in [0.25, 0.3) is 5.79 Å². The second kappa shape index (κ2) is 5.16. The number of cyclic esters (lactones) is 2. The summed E-state index contributed by atoms with van der Waals surface area (Å²) in [5.41, 5.74) is -0.749. The predicted molar refractivity (Wildman–Crippen MR) is 67.2 cm³/mol. The maximum atomic E-state index is 13.8. The van der Waals surface area contributed by atoms with Crippen LogP contribution in [0.25, 0.3) is 6.08 Å². The first kappa shape index (κ1) is 15.0. The van der Waals surface area contributed by atoms with Crippen LogP contribution in [0.4, 0.5) is 8.78 Å². The summed E-state index contributed by atoms with van der Waals surface area (Å²) >= 11 is 0. The van der Waals surface area contributed by atoms with Gasteiger partial charge in [-0.05, 0) is 6.08 Å². The SMILES string of the molecule is COc1cc(F)cc(F)c1C=C1C(=O)OC(C)(C)OC1=O. The summed E-state index contributed by atoms with van der Waals surface area (Å²) in [6.07, 6.45) is 0.910. The normalized spacial score (nSPS) is 17.1. The lowest BCUT2D eigenvalue weighted by Gasteiger charge is -2.29. The van der Waals surface area contributed by atoms with Crippen LogP contribution >= 0.6 is 0 Å². The van der Waals surface area contributed by atoms with Crippen molar-refractivity contribution in [2.75, 3.05) is 7.11 Å². The van der Waals surface area contributed by atoms with Gasteiger partial charge in [-0.25, -0.2) is 18.4 Å². The molecule has 0 amide bonds. The van der Waals surface area contributed by atoms with E-state index in [4.69, 9.17) is 14.2 Å². The zero-order valence-electron chi connectivity index (χ0n) is 11.5. The molecule has 7 heteroatoms. The molecule has 0 unspecified atom stereocenters. The minimum atomic E-state index is -1.39. The zero-order chi connectivity index (χ0) is 15.8. The highest BCUT2D eigenvalue weighted by atomic mass is 19.1. The Hall–Kier alpha value is -2.44. The molecule has 0 saturated carbocycles. The second-order valence-electron chi connectivity index (χ2n) is 4.74. The lowest BCUT2D eigenvalue weighted by atomic mass is 10.1. The number of carbonyl (C=O) groups excluding carboxylic acids is 2. The second-order valence-corrected chi connectivity index (χ2v) is 4.74. The highest BCUT2D eigenvalue weighted by Gasteiger charge is 2.39. The standard InChI is InChI=1S/C14H12F2O5/c1-14(2)20-12(17)9(13(18)21-14)6-8-10(16)4-7(15)5-11(8)19-3/h4-6H,1-3H3. The average molecular weight is 298 g/mol. The van der Waals surface area contributed by atoms with E-state index in [9.17, 15) is 18.4 Å². The number of ether oxygens (including phenoxy) is 3. The van der Waals surface area contributed by atoms with Gasteiger partial charge in [0.1, 0.15) is 23.0 Å². The van der Waals surface area contributed by atoms with E-state index in [2.05, 4.69) is 0 Å². The van der Waals surface area contributed by atoms with Gasteiger partial charge < -0.3 is 14.2 Å². The van der Waals surface area contributed by atoms with Gasteiger partial charge in [-0.15, -0.1) is 0 Å². The molecule has 1 heterocycles. The van der Waals surface area contributed by atoms with Crippen LogP contribution in [0, 0.1) is 11.6 Å². The van der Waals surface area contributed by atoms with Crippen LogP contribution < -0.4 is 4.74 Å². The molecule has 0 bridgehead atoms. The maximum absolute atomic E-state index is 13.8. The third-order valence-corrected chi connectivity index (χ3v) is 2.68. The third kappa shape index (κ3) is 3.01. The molecule has 21 heavy (non-hydrogen) atoms. The van der Waals surface area contributed by atoms with Crippen molar-refractivity contribution in [2.45, 2.75) is 19.6 Å². The first-order valence-corrected chi connectivity index (χ1v) is 5.95. The molecule has 0 spiro atoms. The van der Waals surface area contributed by atoms with Crippen molar-refractivity contribution >= 4 is 18.0 Å². The Morgan fingerprint density at radius 1 is 1.14 bits per heavy atom. The number of hydrogen-bond donors (Lipinski definition) is 0. The number of hydrogen-bond acceptors (Lipinski definition) is 5. The lowest BCUT2D eigenvalue weighted by Crippen LogP contribution is -2.41. The van der Waals surface area contributed by atoms with Crippen molar-refractivity contribution < 1.29 is 32.6 Å². The zero-order valence-corrected chi connectivity index (χ0v) is 11.5. The number of rotatable bonds is 2. The van der Waals surface area contributed by atoms with Crippen molar-refractivity contribution in [3.63, 3.8) is 0 Å². The fraction of sp³-hybridized carbons (Fsp3) is 0.286. The monoisotopic (exact) mass is 298 g/mol. The van der Waals surface area contributed by atoms with E-state index in [-0.39, 0.29) is 11.3 Å². The van der Waals surface area contributed by atoms with Gasteiger partial charge in [0.15, 0.2) is 0 Å². The van der Waals surface area contributed by atoms with Crippen LogP contribution in [0.15, 0.2) is 17.7 Å². The molecule has 1 aliphatic heterocycles. The summed E-state index contributed by atoms with van der Waals surface area (Å²) in [5.74, 6) is -5.29. The Balaban J connectivity index is 2.49. The lowest BCUT2D eigenvalue weighted by molar-refractivity contribution is -0.222. The fourth-order valence-electron chi connectivity index (χ4n) is 1.79. The van der Waals surface area contributed by atoms with E-state index in [1.54, 1.807) is 0 Å². The molecule has 0 aliphatic carbocycles. The van der Waals surface area contributed by atoms with Crippen LogP contribution in [-0.4, -0.2) is 24.8 Å². The smallest absolute Gasteiger partial charge is 0.348 e. The van der Waals surface area contributed by atoms with E-state index in [1.807, 2.05) is 0 Å². The molecule has 5 nitrogen and oxygen atoms in total. The van der Waals surface area contributed by atoms with E-state index in [0.717, 1.165) is 12.1 Å². The number of halogens is 2. The highest BCUT2D eigenvalue weighted by Crippen LogP contribution is 2.29. The Morgan fingerprint density at radius 3 is 2.24 bits per heavy atom. The number of methoxy groups -OCH3 is 1. The maximum Gasteiger partial charge on any atom is 0.348 e. The molecule has 0 radical (unpaired) electrons. The third-order valence-electron chi connectivity index (χ3n) is 2.68. The van der Waals surface area contributed by atoms with Gasteiger partial charge >= 0.3 is 11.9 Å². The van der Waals surface area contributed by atoms with Gasteiger partial charge in [0.2, 0.25) is 0 Å². The molecular formula is C14H12F2O5. The topological polar surface area (TPSA) is 61.8 Å². The Bertz CT molecular complexity index is 627. The van der Waals surface area contributed by atoms with Gasteiger partial charge in [-0.3, -0.25) is 0 Å². The van der Waals surface area contributed by atoms with E-state index in [1.165, 1.54) is 21.0 Å². The van der Waals surface area contributed by atoms with Crippen LogP contribution in [0.3, 0.4) is 0 Å². The number of benzene rings is 1. The van der Waals surface area contributed by atoms with Crippen molar-refractivity contribution in [2.24, 2.45) is 0 Å². The van der Waals surface area contributed by atoms with Crippen LogP contribution in [0.2, 0.25) is 0 Å². The first-order valence-electron chi connectivity index (χ1n) is 5.95. The fourth-order valence-corrected chi connectivity index (χ4v) is 1.79. The van der Waals surface area contributed by atoms with Crippen LogP contribution in [0.5, 0.6) is 5.75 Å². The average Bonchev–Trinajstić information content (AvgIpc) is 2.33. The Kier molecular flexibility index (Phi) is 3.67. The van der Waals surface area contributed by atoms with Crippen molar-refractivity contribution in [3.05, 3.63) is 34.9 Å². The molecule has 1 aliphatic rings. The number of carbonyl (C=O) groups is 2. The van der Waals surface area contributed by atoms with Gasteiger partial charge in [-0.1, -0.05) is 0 Å². The molecule has 1 aromatic rings. The summed E-state index contributed by atoms with van der Waals surface area (Å²) in [5, 5.41) is 0. The van der Waals surface area contributed by atoms with Gasteiger partial charge in [0, 0.05) is 26.0 Å². The molecular weight excluding hydrogens is 286 g/mol. The Labute approximate surface area is 119 Å².